The molecule has 1 aromatic rings. The normalized spacial score (nSPS) is 18.6. The van der Waals surface area contributed by atoms with Gasteiger partial charge in [0.05, 0.1) is 11.0 Å². The molecule has 1 aliphatic heterocycles. The van der Waals surface area contributed by atoms with Gasteiger partial charge in [0.2, 0.25) is 5.91 Å². The van der Waals surface area contributed by atoms with Crippen molar-refractivity contribution < 1.29 is 24.7 Å². The van der Waals surface area contributed by atoms with Gasteiger partial charge in [-0.15, -0.1) is 0 Å². The molecule has 0 bridgehead atoms. The number of likely N-dealkylation sites (tertiary alicyclic amines) is 1. The molecule has 172 valence electrons. The molecule has 0 aliphatic carbocycles. The summed E-state index contributed by atoms with van der Waals surface area (Å²) in [5.41, 5.74) is 0.522. The van der Waals surface area contributed by atoms with Crippen LogP contribution in [0.25, 0.3) is 0 Å². The fourth-order valence-electron chi connectivity index (χ4n) is 4.30. The number of unbranched alkanes of at least 4 members (excludes halogenated alkanes) is 3. The number of piperidine rings is 1. The van der Waals surface area contributed by atoms with E-state index in [0.717, 1.165) is 32.1 Å². The Morgan fingerprint density at radius 2 is 2.06 bits per heavy atom. The van der Waals surface area contributed by atoms with Crippen molar-refractivity contribution >= 4 is 17.6 Å². The Morgan fingerprint density at radius 1 is 1.32 bits per heavy atom. The fraction of sp³-hybridized carbons (Fsp3) is 0.682. The fourth-order valence-corrected chi connectivity index (χ4v) is 4.30. The number of carbonyl (C=O) groups excluding carboxylic acids is 1. The zero-order valence-corrected chi connectivity index (χ0v) is 18.1. The van der Waals surface area contributed by atoms with Crippen LogP contribution in [0.4, 0.5) is 5.69 Å². The Labute approximate surface area is 182 Å². The summed E-state index contributed by atoms with van der Waals surface area (Å²) in [5, 5.41) is 30.0. The number of carbonyl (C=O) groups is 2. The molecule has 2 N–H and O–H groups in total. The van der Waals surface area contributed by atoms with Gasteiger partial charge in [-0.1, -0.05) is 19.8 Å². The number of nitrogens with zero attached hydrogens (tertiary/aromatic N) is 3. The lowest BCUT2D eigenvalue weighted by Gasteiger charge is -2.40. The molecule has 31 heavy (non-hydrogen) atoms. The van der Waals surface area contributed by atoms with E-state index in [1.54, 1.807) is 6.07 Å². The van der Waals surface area contributed by atoms with Gasteiger partial charge in [-0.3, -0.25) is 24.7 Å². The van der Waals surface area contributed by atoms with Crippen molar-refractivity contribution in [1.82, 2.24) is 9.88 Å². The van der Waals surface area contributed by atoms with Gasteiger partial charge in [0.15, 0.2) is 0 Å². The zero-order valence-electron chi connectivity index (χ0n) is 18.1. The van der Waals surface area contributed by atoms with Crippen LogP contribution in [0, 0.1) is 16.0 Å². The number of carboxylic acid groups (broad SMARTS) is 1. The van der Waals surface area contributed by atoms with Gasteiger partial charge in [0, 0.05) is 43.6 Å². The van der Waals surface area contributed by atoms with E-state index in [0.29, 0.717) is 37.9 Å². The van der Waals surface area contributed by atoms with Gasteiger partial charge in [0.25, 0.3) is 5.69 Å². The predicted octanol–water partition coefficient (Wildman–Crippen LogP) is 3.34. The zero-order chi connectivity index (χ0) is 22.8. The van der Waals surface area contributed by atoms with E-state index in [-0.39, 0.29) is 30.0 Å². The molecule has 0 radical (unpaired) electrons. The summed E-state index contributed by atoms with van der Waals surface area (Å²) < 4.78 is 0. The van der Waals surface area contributed by atoms with Crippen molar-refractivity contribution in [2.75, 3.05) is 6.54 Å². The Bertz CT molecular complexity index is 739. The summed E-state index contributed by atoms with van der Waals surface area (Å²) in [5.74, 6) is -0.507. The molecule has 1 saturated heterocycles. The molecule has 3 atom stereocenters. The third-order valence-electron chi connectivity index (χ3n) is 5.92. The monoisotopic (exact) mass is 435 g/mol. The highest BCUT2D eigenvalue weighted by molar-refractivity contribution is 5.77. The number of amides is 1. The van der Waals surface area contributed by atoms with E-state index in [4.69, 9.17) is 5.11 Å². The standard InChI is InChI=1S/C22H33N3O6/c1-16(13-19(26)14-17-10-11-18(15-23-17)25(30)31)20-7-6-8-21(27)24(20)12-5-3-2-4-9-22(28)29/h10-11,15-16,19-20,26H,2-9,12-14H2,1H3,(H,28,29)/t16-,19?,20+/m0/s1. The van der Waals surface area contributed by atoms with E-state index in [1.165, 1.54) is 12.3 Å². The maximum Gasteiger partial charge on any atom is 0.303 e. The van der Waals surface area contributed by atoms with E-state index < -0.39 is 17.0 Å². The molecule has 0 saturated carbocycles. The average molecular weight is 436 g/mol. The van der Waals surface area contributed by atoms with Gasteiger partial charge >= 0.3 is 5.97 Å². The lowest BCUT2D eigenvalue weighted by molar-refractivity contribution is -0.385. The van der Waals surface area contributed by atoms with Gasteiger partial charge in [-0.05, 0) is 44.1 Å². The quantitative estimate of drug-likeness (QED) is 0.276. The van der Waals surface area contributed by atoms with Crippen molar-refractivity contribution in [2.45, 2.75) is 83.3 Å². The summed E-state index contributed by atoms with van der Waals surface area (Å²) in [6, 6.07) is 3.03. The van der Waals surface area contributed by atoms with Crippen molar-refractivity contribution in [3.63, 3.8) is 0 Å². The molecular weight excluding hydrogens is 402 g/mol. The molecule has 9 heteroatoms. The number of aliphatic carboxylic acids is 1. The lowest BCUT2D eigenvalue weighted by atomic mass is 9.86. The first-order valence-corrected chi connectivity index (χ1v) is 11.1. The van der Waals surface area contributed by atoms with E-state index in [9.17, 15) is 24.8 Å². The molecule has 1 amide bonds. The smallest absolute Gasteiger partial charge is 0.303 e. The molecule has 1 fully saturated rings. The molecule has 1 aliphatic rings. The second-order valence-corrected chi connectivity index (χ2v) is 8.44. The summed E-state index contributed by atoms with van der Waals surface area (Å²) in [6.45, 7) is 2.72. The minimum absolute atomic E-state index is 0.0778. The van der Waals surface area contributed by atoms with E-state index in [1.807, 2.05) is 4.90 Å². The second-order valence-electron chi connectivity index (χ2n) is 8.44. The highest BCUT2D eigenvalue weighted by Crippen LogP contribution is 2.28. The third kappa shape index (κ3) is 8.24. The van der Waals surface area contributed by atoms with Crippen LogP contribution < -0.4 is 0 Å². The Morgan fingerprint density at radius 3 is 2.71 bits per heavy atom. The van der Waals surface area contributed by atoms with Crippen molar-refractivity contribution in [3.05, 3.63) is 34.1 Å². The van der Waals surface area contributed by atoms with Crippen LogP contribution in [0.5, 0.6) is 0 Å². The lowest BCUT2D eigenvalue weighted by Crippen LogP contribution is -2.48. The average Bonchev–Trinajstić information content (AvgIpc) is 2.71. The van der Waals surface area contributed by atoms with Crippen LogP contribution >= 0.6 is 0 Å². The molecule has 9 nitrogen and oxygen atoms in total. The van der Waals surface area contributed by atoms with Crippen molar-refractivity contribution in [3.8, 4) is 0 Å². The summed E-state index contributed by atoms with van der Waals surface area (Å²) in [7, 11) is 0. The molecule has 2 rings (SSSR count). The topological polar surface area (TPSA) is 134 Å². The van der Waals surface area contributed by atoms with Crippen molar-refractivity contribution in [1.29, 1.82) is 0 Å². The molecule has 0 spiro atoms. The van der Waals surface area contributed by atoms with Crippen LogP contribution in [-0.4, -0.2) is 55.6 Å². The number of nitro groups is 1. The minimum Gasteiger partial charge on any atom is -0.481 e. The summed E-state index contributed by atoms with van der Waals surface area (Å²) in [6.07, 6.45) is 7.14. The first kappa shape index (κ1) is 24.7. The van der Waals surface area contributed by atoms with Gasteiger partial charge in [0.1, 0.15) is 6.20 Å². The molecule has 2 heterocycles. The summed E-state index contributed by atoms with van der Waals surface area (Å²) in [4.78, 5) is 39.3. The van der Waals surface area contributed by atoms with Crippen LogP contribution in [0.15, 0.2) is 18.3 Å². The molecular formula is C22H33N3O6. The molecule has 1 unspecified atom stereocenters. The van der Waals surface area contributed by atoms with Crippen molar-refractivity contribution in [2.24, 2.45) is 5.92 Å². The van der Waals surface area contributed by atoms with Gasteiger partial charge < -0.3 is 15.1 Å². The number of hydrogen-bond acceptors (Lipinski definition) is 6. The Hall–Kier alpha value is -2.55. The highest BCUT2D eigenvalue weighted by Gasteiger charge is 2.32. The predicted molar refractivity (Wildman–Crippen MR) is 114 cm³/mol. The van der Waals surface area contributed by atoms with Crippen LogP contribution in [0.2, 0.25) is 0 Å². The first-order valence-electron chi connectivity index (χ1n) is 11.1. The summed E-state index contributed by atoms with van der Waals surface area (Å²) >= 11 is 0. The number of aromatic nitrogens is 1. The van der Waals surface area contributed by atoms with Crippen LogP contribution in [0.3, 0.4) is 0 Å². The minimum atomic E-state index is -0.775. The van der Waals surface area contributed by atoms with E-state index in [2.05, 4.69) is 11.9 Å². The Kier molecular flexibility index (Phi) is 9.84. The third-order valence-corrected chi connectivity index (χ3v) is 5.92. The first-order chi connectivity index (χ1) is 14.8. The largest absolute Gasteiger partial charge is 0.481 e. The maximum atomic E-state index is 12.5. The number of pyridine rings is 1. The molecule has 1 aromatic heterocycles. The van der Waals surface area contributed by atoms with Crippen LogP contribution in [-0.2, 0) is 16.0 Å². The van der Waals surface area contributed by atoms with Gasteiger partial charge in [-0.25, -0.2) is 0 Å². The number of rotatable bonds is 13. The highest BCUT2D eigenvalue weighted by atomic mass is 16.6. The van der Waals surface area contributed by atoms with E-state index >= 15 is 0 Å². The maximum absolute atomic E-state index is 12.5. The molecule has 0 aromatic carbocycles. The van der Waals surface area contributed by atoms with Gasteiger partial charge in [-0.2, -0.15) is 0 Å². The number of aliphatic hydroxyl groups excluding tert-OH is 1. The number of aliphatic hydroxyl groups is 1. The van der Waals surface area contributed by atoms with Crippen LogP contribution in [0.1, 0.15) is 70.4 Å². The SMILES string of the molecule is C[C@@H](CC(O)Cc1ccc([N+](=O)[O-])cn1)[C@H]1CCCC(=O)N1CCCCCCC(=O)O. The Balaban J connectivity index is 1.83. The number of carboxylic acids is 1. The number of hydrogen-bond donors (Lipinski definition) is 2. The second kappa shape index (κ2) is 12.3.